The molecule has 3 aromatic rings. The number of hydrazone groups is 1. The fourth-order valence-electron chi connectivity index (χ4n) is 2.63. The van der Waals surface area contributed by atoms with Crippen LogP contribution in [0.2, 0.25) is 0 Å². The number of benzene rings is 3. The number of hydrogen-bond donors (Lipinski definition) is 1. The van der Waals surface area contributed by atoms with Crippen LogP contribution in [0.15, 0.2) is 79.2 Å². The first-order valence-corrected chi connectivity index (χ1v) is 11.8. The highest BCUT2D eigenvalue weighted by molar-refractivity contribution is 9.11. The van der Waals surface area contributed by atoms with E-state index >= 15 is 0 Å². The zero-order valence-corrected chi connectivity index (χ0v) is 21.8. The minimum absolute atomic E-state index is 0.0377. The number of nitrogens with one attached hydrogen (secondary N) is 1. The molecule has 0 atom stereocenters. The van der Waals surface area contributed by atoms with E-state index < -0.39 is 23.4 Å². The van der Waals surface area contributed by atoms with Gasteiger partial charge in [0.1, 0.15) is 0 Å². The van der Waals surface area contributed by atoms with Crippen molar-refractivity contribution in [3.8, 4) is 11.5 Å². The van der Waals surface area contributed by atoms with Crippen LogP contribution in [0.1, 0.15) is 15.9 Å². The van der Waals surface area contributed by atoms with Crippen LogP contribution >= 0.6 is 47.8 Å². The van der Waals surface area contributed by atoms with E-state index in [-0.39, 0.29) is 17.2 Å². The van der Waals surface area contributed by atoms with Crippen molar-refractivity contribution in [3.63, 3.8) is 0 Å². The highest BCUT2D eigenvalue weighted by atomic mass is 79.9. The molecule has 0 spiro atoms. The van der Waals surface area contributed by atoms with Crippen LogP contribution in [0.5, 0.6) is 11.5 Å². The van der Waals surface area contributed by atoms with Gasteiger partial charge in [-0.25, -0.2) is 10.2 Å². The molecule has 0 radical (unpaired) electrons. The predicted molar refractivity (Wildman–Crippen MR) is 135 cm³/mol. The first kappa shape index (κ1) is 25.5. The minimum Gasteiger partial charge on any atom is -0.477 e. The Morgan fingerprint density at radius 1 is 1.03 bits per heavy atom. The molecule has 0 aromatic heterocycles. The summed E-state index contributed by atoms with van der Waals surface area (Å²) in [6.07, 6.45) is 1.29. The van der Waals surface area contributed by atoms with E-state index in [2.05, 4.69) is 58.3 Å². The van der Waals surface area contributed by atoms with Gasteiger partial charge >= 0.3 is 11.7 Å². The lowest BCUT2D eigenvalue weighted by Gasteiger charge is -2.11. The van der Waals surface area contributed by atoms with Crippen LogP contribution < -0.4 is 14.9 Å². The number of carbonyl (C=O) groups is 2. The summed E-state index contributed by atoms with van der Waals surface area (Å²) in [7, 11) is 0. The van der Waals surface area contributed by atoms with E-state index in [1.807, 2.05) is 0 Å². The van der Waals surface area contributed by atoms with Crippen molar-refractivity contribution in [2.75, 3.05) is 6.61 Å². The second-order valence-electron chi connectivity index (χ2n) is 6.51. The first-order valence-electron chi connectivity index (χ1n) is 9.39. The first-order chi connectivity index (χ1) is 16.2. The number of rotatable bonds is 8. The van der Waals surface area contributed by atoms with Crippen molar-refractivity contribution < 1.29 is 24.0 Å². The molecule has 0 saturated heterocycles. The van der Waals surface area contributed by atoms with E-state index in [4.69, 9.17) is 9.47 Å². The molecule has 0 aliphatic heterocycles. The van der Waals surface area contributed by atoms with Gasteiger partial charge in [-0.1, -0.05) is 50.1 Å². The Kier molecular flexibility index (Phi) is 8.91. The van der Waals surface area contributed by atoms with Crippen LogP contribution in [-0.4, -0.2) is 29.6 Å². The minimum atomic E-state index is -0.642. The van der Waals surface area contributed by atoms with Gasteiger partial charge in [0.05, 0.1) is 21.2 Å². The zero-order chi connectivity index (χ0) is 24.7. The predicted octanol–water partition coefficient (Wildman–Crippen LogP) is 5.63. The average molecular weight is 656 g/mol. The number of hydrogen-bond acceptors (Lipinski definition) is 7. The third kappa shape index (κ3) is 6.95. The summed E-state index contributed by atoms with van der Waals surface area (Å²) in [4.78, 5) is 35.1. The summed E-state index contributed by atoms with van der Waals surface area (Å²) in [5.74, 6) is -1.07. The lowest BCUT2D eigenvalue weighted by molar-refractivity contribution is -0.385. The van der Waals surface area contributed by atoms with Gasteiger partial charge in [-0.15, -0.1) is 0 Å². The van der Waals surface area contributed by atoms with Gasteiger partial charge < -0.3 is 9.47 Å². The van der Waals surface area contributed by atoms with Crippen molar-refractivity contribution >= 4 is 71.6 Å². The smallest absolute Gasteiger partial charge is 0.343 e. The summed E-state index contributed by atoms with van der Waals surface area (Å²) >= 11 is 10.0. The van der Waals surface area contributed by atoms with Gasteiger partial charge in [-0.05, 0) is 52.3 Å². The Labute approximate surface area is 218 Å². The van der Waals surface area contributed by atoms with Crippen LogP contribution in [-0.2, 0) is 4.79 Å². The van der Waals surface area contributed by atoms with Crippen molar-refractivity contribution in [1.82, 2.24) is 5.43 Å². The van der Waals surface area contributed by atoms with E-state index in [0.717, 1.165) is 4.47 Å². The summed E-state index contributed by atoms with van der Waals surface area (Å²) in [5.41, 5.74) is 2.75. The number of carbonyl (C=O) groups excluding carboxylic acids is 2. The number of ether oxygens (including phenoxy) is 2. The van der Waals surface area contributed by atoms with Crippen molar-refractivity contribution in [1.29, 1.82) is 0 Å². The number of nitrogens with zero attached hydrogens (tertiary/aromatic N) is 2. The lowest BCUT2D eigenvalue weighted by atomic mass is 10.2. The van der Waals surface area contributed by atoms with E-state index in [1.54, 1.807) is 42.5 Å². The highest BCUT2D eigenvalue weighted by Crippen LogP contribution is 2.33. The van der Waals surface area contributed by atoms with Gasteiger partial charge in [0, 0.05) is 20.6 Å². The van der Waals surface area contributed by atoms with Crippen molar-refractivity contribution in [3.05, 3.63) is 95.3 Å². The molecule has 0 heterocycles. The van der Waals surface area contributed by atoms with Gasteiger partial charge in [-0.2, -0.15) is 5.10 Å². The molecular formula is C22H14Br3N3O6. The molecule has 0 aliphatic rings. The Morgan fingerprint density at radius 3 is 2.53 bits per heavy atom. The molecule has 3 aromatic carbocycles. The molecule has 174 valence electrons. The molecular weight excluding hydrogens is 642 g/mol. The van der Waals surface area contributed by atoms with Crippen molar-refractivity contribution in [2.45, 2.75) is 0 Å². The summed E-state index contributed by atoms with van der Waals surface area (Å²) in [5, 5.41) is 14.9. The second-order valence-corrected chi connectivity index (χ2v) is 9.20. The normalized spacial score (nSPS) is 10.7. The Morgan fingerprint density at radius 2 is 1.79 bits per heavy atom. The standard InChI is InChI=1S/C22H14Br3N3O6/c23-15-5-3-4-13(8-15)22(30)34-21-14(9-16(24)10-17(21)25)11-26-27-20(29)12-33-19-7-2-1-6-18(19)28(31)32/h1-11H,12H2,(H,27,29)/b26-11+. The van der Waals surface area contributed by atoms with E-state index in [9.17, 15) is 19.7 Å². The van der Waals surface area contributed by atoms with E-state index in [0.29, 0.717) is 20.1 Å². The molecule has 34 heavy (non-hydrogen) atoms. The molecule has 0 aliphatic carbocycles. The molecule has 12 heteroatoms. The highest BCUT2D eigenvalue weighted by Gasteiger charge is 2.17. The van der Waals surface area contributed by atoms with Crippen LogP contribution in [0.4, 0.5) is 5.69 Å². The van der Waals surface area contributed by atoms with Crippen LogP contribution in [0, 0.1) is 10.1 Å². The Bertz CT molecular complexity index is 1280. The molecule has 1 amide bonds. The topological polar surface area (TPSA) is 120 Å². The molecule has 0 unspecified atom stereocenters. The fourth-order valence-corrected chi connectivity index (χ4v) is 4.37. The van der Waals surface area contributed by atoms with Gasteiger partial charge in [0.15, 0.2) is 18.1 Å². The van der Waals surface area contributed by atoms with Crippen LogP contribution in [0.25, 0.3) is 0 Å². The number of esters is 1. The third-order valence-electron chi connectivity index (χ3n) is 4.11. The number of amides is 1. The molecule has 0 fully saturated rings. The quantitative estimate of drug-likeness (QED) is 0.110. The molecule has 3 rings (SSSR count). The largest absolute Gasteiger partial charge is 0.477 e. The SMILES string of the molecule is O=C(COc1ccccc1[N+](=O)[O-])N/N=C/c1cc(Br)cc(Br)c1OC(=O)c1cccc(Br)c1. The molecule has 0 saturated carbocycles. The maximum atomic E-state index is 12.6. The van der Waals surface area contributed by atoms with Gasteiger partial charge in [0.25, 0.3) is 5.91 Å². The van der Waals surface area contributed by atoms with Gasteiger partial charge in [0.2, 0.25) is 0 Å². The lowest BCUT2D eigenvalue weighted by Crippen LogP contribution is -2.24. The monoisotopic (exact) mass is 653 g/mol. The van der Waals surface area contributed by atoms with Crippen molar-refractivity contribution in [2.24, 2.45) is 5.10 Å². The van der Waals surface area contributed by atoms with E-state index in [1.165, 1.54) is 24.4 Å². The summed E-state index contributed by atoms with van der Waals surface area (Å²) in [6.45, 7) is -0.491. The summed E-state index contributed by atoms with van der Waals surface area (Å²) < 4.78 is 12.7. The molecule has 1 N–H and O–H groups in total. The molecule has 0 bridgehead atoms. The Hall–Kier alpha value is -3.09. The maximum absolute atomic E-state index is 12.6. The molecule has 9 nitrogen and oxygen atoms in total. The fraction of sp³-hybridized carbons (Fsp3) is 0.0455. The zero-order valence-electron chi connectivity index (χ0n) is 17.0. The van der Waals surface area contributed by atoms with Crippen LogP contribution in [0.3, 0.4) is 0 Å². The summed E-state index contributed by atoms with van der Waals surface area (Å²) in [6, 6.07) is 15.8. The number of nitro groups is 1. The number of halogens is 3. The number of nitro benzene ring substituents is 1. The Balaban J connectivity index is 1.69. The van der Waals surface area contributed by atoms with Gasteiger partial charge in [-0.3, -0.25) is 14.9 Å². The number of para-hydroxylation sites is 2. The third-order valence-corrected chi connectivity index (χ3v) is 5.65. The average Bonchev–Trinajstić information content (AvgIpc) is 2.79. The maximum Gasteiger partial charge on any atom is 0.343 e. The second kappa shape index (κ2) is 11.9.